The molecule has 2 aromatic rings. The van der Waals surface area contributed by atoms with Crippen molar-refractivity contribution >= 4 is 28.1 Å². The number of thiazole rings is 1. The quantitative estimate of drug-likeness (QED) is 0.926. The number of aromatic nitrogens is 1. The van der Waals surface area contributed by atoms with E-state index in [1.807, 2.05) is 50.5 Å². The fourth-order valence-electron chi connectivity index (χ4n) is 3.08. The zero-order chi connectivity index (χ0) is 17.1. The van der Waals surface area contributed by atoms with Gasteiger partial charge in [-0.3, -0.25) is 9.69 Å². The summed E-state index contributed by atoms with van der Waals surface area (Å²) >= 11 is 1.67. The van der Waals surface area contributed by atoms with Crippen LogP contribution in [0.1, 0.15) is 18.1 Å². The van der Waals surface area contributed by atoms with Crippen molar-refractivity contribution in [2.45, 2.75) is 26.8 Å². The van der Waals surface area contributed by atoms with Crippen LogP contribution in [0.25, 0.3) is 0 Å². The maximum atomic E-state index is 12.6. The minimum absolute atomic E-state index is 0.0649. The van der Waals surface area contributed by atoms with Gasteiger partial charge in [-0.05, 0) is 31.9 Å². The molecule has 0 unspecified atom stereocenters. The van der Waals surface area contributed by atoms with E-state index in [0.717, 1.165) is 48.1 Å². The van der Waals surface area contributed by atoms with Crippen molar-refractivity contribution in [3.63, 3.8) is 0 Å². The van der Waals surface area contributed by atoms with Crippen LogP contribution in [-0.2, 0) is 4.79 Å². The van der Waals surface area contributed by atoms with Gasteiger partial charge < -0.3 is 10.2 Å². The van der Waals surface area contributed by atoms with E-state index < -0.39 is 0 Å². The maximum Gasteiger partial charge on any atom is 0.241 e. The lowest BCUT2D eigenvalue weighted by Gasteiger charge is -2.37. The molecule has 3 rings (SSSR count). The highest BCUT2D eigenvalue weighted by Crippen LogP contribution is 2.22. The van der Waals surface area contributed by atoms with E-state index in [0.29, 0.717) is 0 Å². The topological polar surface area (TPSA) is 48.5 Å². The first kappa shape index (κ1) is 16.9. The number of carbonyl (C=O) groups is 1. The average molecular weight is 344 g/mol. The largest absolute Gasteiger partial charge is 0.346 e. The van der Waals surface area contributed by atoms with Crippen molar-refractivity contribution in [2.75, 3.05) is 36.4 Å². The van der Waals surface area contributed by atoms with E-state index in [2.05, 4.69) is 20.1 Å². The number of nitrogens with zero attached hydrogens (tertiary/aromatic N) is 3. The van der Waals surface area contributed by atoms with Gasteiger partial charge in [-0.1, -0.05) is 18.2 Å². The summed E-state index contributed by atoms with van der Waals surface area (Å²) in [6.07, 6.45) is 1.84. The molecule has 2 heterocycles. The Morgan fingerprint density at radius 1 is 1.21 bits per heavy atom. The molecule has 1 aliphatic rings. The van der Waals surface area contributed by atoms with E-state index in [-0.39, 0.29) is 11.9 Å². The first-order valence-electron chi connectivity index (χ1n) is 8.32. The van der Waals surface area contributed by atoms with Crippen molar-refractivity contribution in [3.05, 3.63) is 40.9 Å². The van der Waals surface area contributed by atoms with E-state index in [1.165, 1.54) is 0 Å². The van der Waals surface area contributed by atoms with Gasteiger partial charge in [0.05, 0.1) is 6.04 Å². The average Bonchev–Trinajstić information content (AvgIpc) is 3.12. The number of para-hydroxylation sites is 1. The normalized spacial score (nSPS) is 16.9. The Balaban J connectivity index is 1.59. The summed E-state index contributed by atoms with van der Waals surface area (Å²) in [5.74, 6) is 0.0649. The summed E-state index contributed by atoms with van der Waals surface area (Å²) in [7, 11) is 0. The Bertz CT molecular complexity index is 673. The second-order valence-electron chi connectivity index (χ2n) is 6.27. The zero-order valence-electron chi connectivity index (χ0n) is 14.5. The van der Waals surface area contributed by atoms with Gasteiger partial charge in [-0.15, -0.1) is 11.3 Å². The minimum Gasteiger partial charge on any atom is -0.346 e. The maximum absolute atomic E-state index is 12.6. The molecule has 1 aromatic carbocycles. The van der Waals surface area contributed by atoms with Crippen LogP contribution in [0.2, 0.25) is 0 Å². The third-order valence-electron chi connectivity index (χ3n) is 4.66. The van der Waals surface area contributed by atoms with Crippen LogP contribution in [0, 0.1) is 13.8 Å². The molecule has 1 amide bonds. The molecule has 1 aromatic heterocycles. The van der Waals surface area contributed by atoms with Gasteiger partial charge in [0, 0.05) is 43.4 Å². The molecule has 0 aliphatic carbocycles. The van der Waals surface area contributed by atoms with Crippen LogP contribution < -0.4 is 10.2 Å². The lowest BCUT2D eigenvalue weighted by atomic mass is 10.1. The Morgan fingerprint density at radius 2 is 1.88 bits per heavy atom. The molecular formula is C18H24N4OS. The number of nitrogens with one attached hydrogen (secondary N) is 1. The van der Waals surface area contributed by atoms with Crippen molar-refractivity contribution in [2.24, 2.45) is 0 Å². The van der Waals surface area contributed by atoms with E-state index >= 15 is 0 Å². The van der Waals surface area contributed by atoms with E-state index in [9.17, 15) is 4.79 Å². The predicted octanol–water partition coefficient (Wildman–Crippen LogP) is 2.91. The highest BCUT2D eigenvalue weighted by atomic mass is 32.1. The third-order valence-corrected chi connectivity index (χ3v) is 5.49. The summed E-state index contributed by atoms with van der Waals surface area (Å²) in [5.41, 5.74) is 3.14. The van der Waals surface area contributed by atoms with Gasteiger partial charge in [-0.25, -0.2) is 4.98 Å². The Hall–Kier alpha value is -1.92. The summed E-state index contributed by atoms with van der Waals surface area (Å²) < 4.78 is 0. The Morgan fingerprint density at radius 3 is 2.46 bits per heavy atom. The monoisotopic (exact) mass is 344 g/mol. The predicted molar refractivity (Wildman–Crippen MR) is 99.9 cm³/mol. The molecule has 0 bridgehead atoms. The van der Waals surface area contributed by atoms with Crippen LogP contribution >= 0.6 is 11.3 Å². The van der Waals surface area contributed by atoms with E-state index in [4.69, 9.17) is 0 Å². The summed E-state index contributed by atoms with van der Waals surface area (Å²) in [4.78, 5) is 21.5. The van der Waals surface area contributed by atoms with Crippen molar-refractivity contribution in [1.82, 2.24) is 9.88 Å². The fraction of sp³-hybridized carbons (Fsp3) is 0.444. The molecule has 1 atom stereocenters. The molecule has 24 heavy (non-hydrogen) atoms. The molecule has 128 valence electrons. The number of piperazine rings is 1. The number of anilines is 2. The SMILES string of the molecule is Cc1cccc(C)c1NC(=O)[C@H](C)N1CCN(c2nccs2)CC1. The van der Waals surface area contributed by atoms with Crippen molar-refractivity contribution < 1.29 is 4.79 Å². The van der Waals surface area contributed by atoms with Crippen LogP contribution in [0.15, 0.2) is 29.8 Å². The van der Waals surface area contributed by atoms with Crippen LogP contribution in [0.4, 0.5) is 10.8 Å². The molecule has 5 nitrogen and oxygen atoms in total. The second kappa shape index (κ2) is 7.32. The van der Waals surface area contributed by atoms with Gasteiger partial charge in [-0.2, -0.15) is 0 Å². The first-order chi connectivity index (χ1) is 11.6. The van der Waals surface area contributed by atoms with Crippen LogP contribution in [-0.4, -0.2) is 48.0 Å². The van der Waals surface area contributed by atoms with Crippen LogP contribution in [0.5, 0.6) is 0 Å². The number of carbonyl (C=O) groups excluding carboxylic acids is 1. The van der Waals surface area contributed by atoms with Crippen molar-refractivity contribution in [1.29, 1.82) is 0 Å². The molecule has 6 heteroatoms. The molecule has 1 aliphatic heterocycles. The van der Waals surface area contributed by atoms with Gasteiger partial charge in [0.1, 0.15) is 0 Å². The van der Waals surface area contributed by atoms with Crippen LogP contribution in [0.3, 0.4) is 0 Å². The minimum atomic E-state index is -0.137. The molecular weight excluding hydrogens is 320 g/mol. The second-order valence-corrected chi connectivity index (χ2v) is 7.14. The third kappa shape index (κ3) is 3.60. The number of benzene rings is 1. The highest BCUT2D eigenvalue weighted by molar-refractivity contribution is 7.13. The molecule has 0 spiro atoms. The zero-order valence-corrected chi connectivity index (χ0v) is 15.3. The molecule has 1 saturated heterocycles. The Kier molecular flexibility index (Phi) is 5.16. The van der Waals surface area contributed by atoms with Crippen molar-refractivity contribution in [3.8, 4) is 0 Å². The number of aryl methyl sites for hydroxylation is 2. The van der Waals surface area contributed by atoms with Gasteiger partial charge in [0.15, 0.2) is 5.13 Å². The molecule has 1 N–H and O–H groups in total. The van der Waals surface area contributed by atoms with Gasteiger partial charge >= 0.3 is 0 Å². The number of hydrogen-bond donors (Lipinski definition) is 1. The molecule has 1 fully saturated rings. The van der Waals surface area contributed by atoms with Gasteiger partial charge in [0.25, 0.3) is 0 Å². The van der Waals surface area contributed by atoms with Gasteiger partial charge in [0.2, 0.25) is 5.91 Å². The summed E-state index contributed by atoms with van der Waals surface area (Å²) in [6, 6.07) is 5.93. The Labute approximate surface area is 147 Å². The lowest BCUT2D eigenvalue weighted by molar-refractivity contribution is -0.120. The summed E-state index contributed by atoms with van der Waals surface area (Å²) in [6.45, 7) is 9.62. The van der Waals surface area contributed by atoms with E-state index in [1.54, 1.807) is 11.3 Å². The fourth-order valence-corrected chi connectivity index (χ4v) is 3.77. The number of amides is 1. The smallest absolute Gasteiger partial charge is 0.241 e. The standard InChI is InChI=1S/C18H24N4OS/c1-13-5-4-6-14(2)16(13)20-17(23)15(3)21-8-10-22(11-9-21)18-19-7-12-24-18/h4-7,12,15H,8-11H2,1-3H3,(H,20,23)/t15-/m0/s1. The molecule has 0 radical (unpaired) electrons. The number of rotatable bonds is 4. The summed E-state index contributed by atoms with van der Waals surface area (Å²) in [5, 5.41) is 6.18. The highest BCUT2D eigenvalue weighted by Gasteiger charge is 2.26. The lowest BCUT2D eigenvalue weighted by Crippen LogP contribution is -2.52. The molecule has 0 saturated carbocycles. The number of hydrogen-bond acceptors (Lipinski definition) is 5. The first-order valence-corrected chi connectivity index (χ1v) is 9.20.